The van der Waals surface area contributed by atoms with E-state index in [9.17, 15) is 0 Å². The Bertz CT molecular complexity index is 124. The van der Waals surface area contributed by atoms with Crippen LogP contribution in [-0.2, 0) is 0 Å². The van der Waals surface area contributed by atoms with Gasteiger partial charge in [0.05, 0.1) is 25.7 Å². The van der Waals surface area contributed by atoms with Gasteiger partial charge in [-0.2, -0.15) is 0 Å². The van der Waals surface area contributed by atoms with Crippen LogP contribution in [0.5, 0.6) is 0 Å². The van der Waals surface area contributed by atoms with Gasteiger partial charge < -0.3 is 0 Å². The molecule has 4 heteroatoms. The molecule has 0 spiro atoms. The quantitative estimate of drug-likeness (QED) is 0.436. The molecule has 0 amide bonds. The van der Waals surface area contributed by atoms with Gasteiger partial charge in [0.2, 0.25) is 0 Å². The van der Waals surface area contributed by atoms with Gasteiger partial charge in [-0.05, 0) is 14.1 Å². The van der Waals surface area contributed by atoms with Crippen LogP contribution in [-0.4, -0.2) is 49.6 Å². The van der Waals surface area contributed by atoms with Crippen molar-refractivity contribution in [3.05, 3.63) is 0 Å². The maximum absolute atomic E-state index is 3.37. The molecule has 2 rings (SSSR count). The summed E-state index contributed by atoms with van der Waals surface area (Å²) in [6.45, 7) is 1.99. The Morgan fingerprint density at radius 1 is 1.10 bits per heavy atom. The second-order valence-electron chi connectivity index (χ2n) is 3.13. The van der Waals surface area contributed by atoms with Crippen LogP contribution < -0.4 is 10.6 Å². The lowest BCUT2D eigenvalue weighted by Gasteiger charge is -2.23. The van der Waals surface area contributed by atoms with Gasteiger partial charge >= 0.3 is 0 Å². The zero-order valence-corrected chi connectivity index (χ0v) is 6.46. The molecule has 2 aliphatic heterocycles. The lowest BCUT2D eigenvalue weighted by molar-refractivity contribution is 0.155. The van der Waals surface area contributed by atoms with Crippen LogP contribution >= 0.6 is 0 Å². The third kappa shape index (κ3) is 0.769. The average Bonchev–Trinajstić information content (AvgIpc) is 2.40. The van der Waals surface area contributed by atoms with Crippen LogP contribution in [0.15, 0.2) is 0 Å². The first kappa shape index (κ1) is 6.54. The molecule has 0 aromatic carbocycles. The Kier molecular flexibility index (Phi) is 1.42. The standard InChI is InChI=1S/C6H14N4/c1-9-3-7-5-6(9)10(2)4-8-5/h5-8H,3-4H2,1-2H3. The summed E-state index contributed by atoms with van der Waals surface area (Å²) >= 11 is 0. The van der Waals surface area contributed by atoms with Crippen molar-refractivity contribution in [2.45, 2.75) is 12.3 Å². The number of rotatable bonds is 0. The minimum Gasteiger partial charge on any atom is -0.287 e. The van der Waals surface area contributed by atoms with E-state index in [1.54, 1.807) is 0 Å². The molecule has 0 bridgehead atoms. The summed E-state index contributed by atoms with van der Waals surface area (Å²) < 4.78 is 0. The van der Waals surface area contributed by atoms with Gasteiger partial charge in [-0.3, -0.25) is 20.4 Å². The molecular formula is C6H14N4. The lowest BCUT2D eigenvalue weighted by Crippen LogP contribution is -2.41. The molecular weight excluding hydrogens is 128 g/mol. The van der Waals surface area contributed by atoms with E-state index < -0.39 is 0 Å². The fraction of sp³-hybridized carbons (Fsp3) is 1.00. The van der Waals surface area contributed by atoms with Crippen LogP contribution in [0, 0.1) is 0 Å². The van der Waals surface area contributed by atoms with E-state index in [4.69, 9.17) is 0 Å². The molecule has 0 unspecified atom stereocenters. The first-order valence-electron chi connectivity index (χ1n) is 3.66. The Morgan fingerprint density at radius 2 is 1.60 bits per heavy atom. The number of hydrogen-bond donors (Lipinski definition) is 2. The number of likely N-dealkylation sites (N-methyl/N-ethyl adjacent to an activating group) is 2. The van der Waals surface area contributed by atoms with Crippen molar-refractivity contribution in [2.75, 3.05) is 27.4 Å². The number of hydrogen-bond acceptors (Lipinski definition) is 4. The van der Waals surface area contributed by atoms with E-state index in [2.05, 4.69) is 34.5 Å². The Morgan fingerprint density at radius 3 is 2.00 bits per heavy atom. The third-order valence-electron chi connectivity index (χ3n) is 2.32. The summed E-state index contributed by atoms with van der Waals surface area (Å²) in [4.78, 5) is 4.62. The molecule has 0 aromatic rings. The predicted octanol–water partition coefficient (Wildman–Crippen LogP) is -1.38. The molecule has 0 radical (unpaired) electrons. The molecule has 58 valence electrons. The number of nitrogens with one attached hydrogen (secondary N) is 2. The molecule has 2 heterocycles. The highest BCUT2D eigenvalue weighted by molar-refractivity contribution is 4.90. The van der Waals surface area contributed by atoms with Crippen LogP contribution in [0.4, 0.5) is 0 Å². The van der Waals surface area contributed by atoms with E-state index in [1.165, 1.54) is 0 Å². The monoisotopic (exact) mass is 142 g/mol. The minimum absolute atomic E-state index is 0.481. The van der Waals surface area contributed by atoms with Gasteiger partial charge in [-0.25, -0.2) is 0 Å². The summed E-state index contributed by atoms with van der Waals surface area (Å²) in [5.74, 6) is 0. The van der Waals surface area contributed by atoms with Crippen LogP contribution in [0.3, 0.4) is 0 Å². The largest absolute Gasteiger partial charge is 0.287 e. The summed E-state index contributed by atoms with van der Waals surface area (Å²) in [6.07, 6.45) is 1.04. The third-order valence-corrected chi connectivity index (χ3v) is 2.32. The molecule has 4 nitrogen and oxygen atoms in total. The van der Waals surface area contributed by atoms with Crippen molar-refractivity contribution < 1.29 is 0 Å². The van der Waals surface area contributed by atoms with Crippen molar-refractivity contribution in [3.63, 3.8) is 0 Å². The molecule has 2 N–H and O–H groups in total. The van der Waals surface area contributed by atoms with E-state index in [1.807, 2.05) is 0 Å². The maximum Gasteiger partial charge on any atom is 0.0933 e. The SMILES string of the molecule is CN1CNC2NCN(C)C21. The second-order valence-corrected chi connectivity index (χ2v) is 3.13. The summed E-state index contributed by atoms with van der Waals surface area (Å²) in [5, 5.41) is 6.74. The van der Waals surface area contributed by atoms with E-state index in [0.29, 0.717) is 12.3 Å². The summed E-state index contributed by atoms with van der Waals surface area (Å²) in [5.41, 5.74) is 0. The number of fused-ring (bicyclic) bond motifs is 1. The highest BCUT2D eigenvalue weighted by Gasteiger charge is 2.38. The van der Waals surface area contributed by atoms with Crippen molar-refractivity contribution >= 4 is 0 Å². The maximum atomic E-state index is 3.37. The van der Waals surface area contributed by atoms with E-state index >= 15 is 0 Å². The molecule has 2 saturated heterocycles. The van der Waals surface area contributed by atoms with Gasteiger partial charge in [0, 0.05) is 0 Å². The molecule has 10 heavy (non-hydrogen) atoms. The summed E-state index contributed by atoms with van der Waals surface area (Å²) in [6, 6.07) is 0. The Labute approximate surface area is 61.2 Å². The average molecular weight is 142 g/mol. The zero-order chi connectivity index (χ0) is 7.14. The predicted molar refractivity (Wildman–Crippen MR) is 39.1 cm³/mol. The smallest absolute Gasteiger partial charge is 0.0933 e. The molecule has 2 aliphatic rings. The molecule has 0 atom stereocenters. The topological polar surface area (TPSA) is 30.5 Å². The van der Waals surface area contributed by atoms with Crippen LogP contribution in [0.2, 0.25) is 0 Å². The van der Waals surface area contributed by atoms with Crippen molar-refractivity contribution in [1.82, 2.24) is 20.4 Å². The van der Waals surface area contributed by atoms with Gasteiger partial charge in [0.25, 0.3) is 0 Å². The van der Waals surface area contributed by atoms with Crippen molar-refractivity contribution in [3.8, 4) is 0 Å². The number of nitrogens with zero attached hydrogens (tertiary/aromatic N) is 2. The van der Waals surface area contributed by atoms with Crippen molar-refractivity contribution in [1.29, 1.82) is 0 Å². The summed E-state index contributed by atoms with van der Waals surface area (Å²) in [7, 11) is 4.28. The van der Waals surface area contributed by atoms with E-state index in [0.717, 1.165) is 13.3 Å². The fourth-order valence-electron chi connectivity index (χ4n) is 1.80. The van der Waals surface area contributed by atoms with Gasteiger partial charge in [0.15, 0.2) is 0 Å². The van der Waals surface area contributed by atoms with Gasteiger partial charge in [0.1, 0.15) is 0 Å². The van der Waals surface area contributed by atoms with Crippen LogP contribution in [0.1, 0.15) is 0 Å². The van der Waals surface area contributed by atoms with Gasteiger partial charge in [-0.15, -0.1) is 0 Å². The fourth-order valence-corrected chi connectivity index (χ4v) is 1.80. The Hall–Kier alpha value is -0.160. The van der Waals surface area contributed by atoms with Crippen molar-refractivity contribution in [2.24, 2.45) is 0 Å². The molecule has 2 fully saturated rings. The normalized spacial score (nSPS) is 42.6. The van der Waals surface area contributed by atoms with Gasteiger partial charge in [-0.1, -0.05) is 0 Å². The van der Waals surface area contributed by atoms with Crippen LogP contribution in [0.25, 0.3) is 0 Å². The van der Waals surface area contributed by atoms with E-state index in [-0.39, 0.29) is 0 Å². The second kappa shape index (κ2) is 2.17. The molecule has 0 aromatic heterocycles. The first-order valence-corrected chi connectivity index (χ1v) is 3.66. The Balaban J connectivity index is 2.11. The minimum atomic E-state index is 0.481. The highest BCUT2D eigenvalue weighted by Crippen LogP contribution is 2.14. The first-order chi connectivity index (χ1) is 4.79. The molecule has 0 aliphatic carbocycles. The lowest BCUT2D eigenvalue weighted by atomic mass is 10.4. The highest BCUT2D eigenvalue weighted by atomic mass is 15.5. The zero-order valence-electron chi connectivity index (χ0n) is 6.46. The molecule has 0 saturated carbocycles.